The molecule has 3 rings (SSSR count). The number of aliphatic imine (C=N–C) groups is 1. The largest absolute Gasteiger partial charge is 0.427 e. The molecule has 164 valence electrons. The molecule has 1 amide bonds. The fourth-order valence-corrected chi connectivity index (χ4v) is 5.39. The van der Waals surface area contributed by atoms with Crippen molar-refractivity contribution in [1.82, 2.24) is 10.2 Å². The number of fused-ring (bicyclic) bond motifs is 1. The maximum absolute atomic E-state index is 12.9. The van der Waals surface area contributed by atoms with Gasteiger partial charge in [-0.1, -0.05) is 12.2 Å². The molecule has 0 spiro atoms. The van der Waals surface area contributed by atoms with Gasteiger partial charge in [0.1, 0.15) is 17.1 Å². The molecule has 3 aliphatic rings. The quantitative estimate of drug-likeness (QED) is 0.370. The molecular weight excluding hydrogens is 426 g/mol. The van der Waals surface area contributed by atoms with Gasteiger partial charge in [0.25, 0.3) is 0 Å². The van der Waals surface area contributed by atoms with E-state index in [4.69, 9.17) is 9.47 Å². The van der Waals surface area contributed by atoms with Gasteiger partial charge in [-0.05, 0) is 40.3 Å². The number of nitrogens with zero attached hydrogens (tertiary/aromatic N) is 2. The summed E-state index contributed by atoms with van der Waals surface area (Å²) in [6, 6.07) is -0.178. The standard InChI is InChI=1S/C20H27N3O5S2/c1-11-13(30-9-22-11)7-6-12-8-29-17-14(21-5)16(24)23(17)15(12)18(25)27-10-28-19(26)20(2,3)4/h6-7,9,11,13-14,17,21H,8,10H2,1-5H3/b7-6-. The summed E-state index contributed by atoms with van der Waals surface area (Å²) in [4.78, 5) is 43.2. The van der Waals surface area contributed by atoms with Crippen molar-refractivity contribution in [3.63, 3.8) is 0 Å². The Morgan fingerprint density at radius 1 is 1.37 bits per heavy atom. The summed E-state index contributed by atoms with van der Waals surface area (Å²) in [5, 5.41) is 3.01. The summed E-state index contributed by atoms with van der Waals surface area (Å²) in [6.45, 7) is 6.69. The lowest BCUT2D eigenvalue weighted by Crippen LogP contribution is -2.69. The van der Waals surface area contributed by atoms with Crippen molar-refractivity contribution in [3.05, 3.63) is 23.4 Å². The molecule has 30 heavy (non-hydrogen) atoms. The Labute approximate surface area is 184 Å². The zero-order valence-corrected chi connectivity index (χ0v) is 19.3. The predicted octanol–water partition coefficient (Wildman–Crippen LogP) is 1.92. The molecule has 1 saturated heterocycles. The van der Waals surface area contributed by atoms with Crippen LogP contribution in [0.2, 0.25) is 0 Å². The number of thioether (sulfide) groups is 2. The van der Waals surface area contributed by atoms with Crippen LogP contribution in [0.5, 0.6) is 0 Å². The summed E-state index contributed by atoms with van der Waals surface area (Å²) >= 11 is 3.21. The lowest BCUT2D eigenvalue weighted by atomic mass is 9.98. The molecule has 0 aromatic heterocycles. The molecule has 0 aliphatic carbocycles. The van der Waals surface area contributed by atoms with E-state index >= 15 is 0 Å². The van der Waals surface area contributed by atoms with E-state index in [9.17, 15) is 14.4 Å². The minimum Gasteiger partial charge on any atom is -0.427 e. The Bertz CT molecular complexity index is 818. The molecule has 1 fully saturated rings. The summed E-state index contributed by atoms with van der Waals surface area (Å²) in [5.41, 5.74) is 2.06. The number of hydrogen-bond donors (Lipinski definition) is 1. The van der Waals surface area contributed by atoms with Crippen LogP contribution in [-0.4, -0.2) is 70.6 Å². The van der Waals surface area contributed by atoms with Crippen molar-refractivity contribution in [1.29, 1.82) is 0 Å². The zero-order valence-electron chi connectivity index (χ0n) is 17.7. The highest BCUT2D eigenvalue weighted by Crippen LogP contribution is 2.41. The Morgan fingerprint density at radius 2 is 2.10 bits per heavy atom. The van der Waals surface area contributed by atoms with E-state index in [1.54, 1.807) is 51.3 Å². The fourth-order valence-electron chi connectivity index (χ4n) is 3.13. The highest BCUT2D eigenvalue weighted by Gasteiger charge is 2.53. The number of carbonyl (C=O) groups excluding carboxylic acids is 3. The first-order valence-electron chi connectivity index (χ1n) is 9.70. The molecule has 1 N–H and O–H groups in total. The Balaban J connectivity index is 1.77. The van der Waals surface area contributed by atoms with Gasteiger partial charge in [-0.2, -0.15) is 0 Å². The number of carbonyl (C=O) groups is 3. The molecule has 0 aromatic carbocycles. The lowest BCUT2D eigenvalue weighted by molar-refractivity contribution is -0.173. The molecule has 0 aromatic rings. The number of rotatable bonds is 6. The highest BCUT2D eigenvalue weighted by atomic mass is 32.2. The zero-order chi connectivity index (χ0) is 22.1. The molecule has 0 bridgehead atoms. The third-order valence-corrected chi connectivity index (χ3v) is 7.38. The van der Waals surface area contributed by atoms with Gasteiger partial charge in [-0.3, -0.25) is 19.5 Å². The smallest absolute Gasteiger partial charge is 0.358 e. The van der Waals surface area contributed by atoms with Crippen LogP contribution in [0.4, 0.5) is 0 Å². The first kappa shape index (κ1) is 22.9. The van der Waals surface area contributed by atoms with Crippen LogP contribution in [0.25, 0.3) is 0 Å². The number of ether oxygens (including phenoxy) is 2. The van der Waals surface area contributed by atoms with E-state index in [-0.39, 0.29) is 34.3 Å². The Hall–Kier alpha value is -1.78. The van der Waals surface area contributed by atoms with Gasteiger partial charge in [0, 0.05) is 5.75 Å². The number of β-lactam (4-membered cyclic amide) rings is 1. The Kier molecular flexibility index (Phi) is 6.98. The van der Waals surface area contributed by atoms with Crippen molar-refractivity contribution < 1.29 is 23.9 Å². The molecule has 4 unspecified atom stereocenters. The maximum Gasteiger partial charge on any atom is 0.358 e. The highest BCUT2D eigenvalue weighted by molar-refractivity contribution is 8.13. The SMILES string of the molecule is CNC1C(=O)N2C(C(=O)OCOC(=O)C(C)(C)C)=C(/C=C\C3SC=NC3C)CSC12. The van der Waals surface area contributed by atoms with Gasteiger partial charge in [-0.25, -0.2) is 4.79 Å². The van der Waals surface area contributed by atoms with E-state index in [1.807, 2.05) is 24.6 Å². The summed E-state index contributed by atoms with van der Waals surface area (Å²) in [5.74, 6) is -0.745. The summed E-state index contributed by atoms with van der Waals surface area (Å²) in [7, 11) is 1.72. The number of hydrogen-bond acceptors (Lipinski definition) is 9. The predicted molar refractivity (Wildman–Crippen MR) is 118 cm³/mol. The van der Waals surface area contributed by atoms with E-state index < -0.39 is 24.1 Å². The van der Waals surface area contributed by atoms with E-state index in [1.165, 1.54) is 4.90 Å². The van der Waals surface area contributed by atoms with Gasteiger partial charge in [0.2, 0.25) is 12.7 Å². The molecule has 8 nitrogen and oxygen atoms in total. The average molecular weight is 454 g/mol. The molecule has 4 atom stereocenters. The van der Waals surface area contributed by atoms with Gasteiger partial charge in [0.05, 0.1) is 22.3 Å². The number of allylic oxidation sites excluding steroid dienone is 1. The van der Waals surface area contributed by atoms with Crippen LogP contribution >= 0.6 is 23.5 Å². The van der Waals surface area contributed by atoms with Gasteiger partial charge < -0.3 is 14.8 Å². The maximum atomic E-state index is 12.9. The molecule has 0 saturated carbocycles. The Morgan fingerprint density at radius 3 is 2.70 bits per heavy atom. The second-order valence-corrected chi connectivity index (χ2v) is 10.4. The summed E-state index contributed by atoms with van der Waals surface area (Å²) in [6.07, 6.45) is 3.88. The number of nitrogens with one attached hydrogen (secondary N) is 1. The van der Waals surface area contributed by atoms with Crippen molar-refractivity contribution in [3.8, 4) is 0 Å². The molecule has 3 aliphatic heterocycles. The lowest BCUT2D eigenvalue weighted by Gasteiger charge is -2.49. The van der Waals surface area contributed by atoms with E-state index in [2.05, 4.69) is 10.3 Å². The molecule has 0 radical (unpaired) electrons. The minimum atomic E-state index is -0.697. The second-order valence-electron chi connectivity index (χ2n) is 8.24. The van der Waals surface area contributed by atoms with E-state index in [0.29, 0.717) is 11.3 Å². The van der Waals surface area contributed by atoms with Gasteiger partial charge >= 0.3 is 11.9 Å². The van der Waals surface area contributed by atoms with Crippen LogP contribution in [-0.2, 0) is 23.9 Å². The van der Waals surface area contributed by atoms with Crippen LogP contribution in [0.3, 0.4) is 0 Å². The first-order chi connectivity index (χ1) is 14.1. The van der Waals surface area contributed by atoms with Crippen molar-refractivity contribution in [2.24, 2.45) is 10.4 Å². The van der Waals surface area contributed by atoms with Crippen LogP contribution in [0.15, 0.2) is 28.4 Å². The number of esters is 2. The summed E-state index contributed by atoms with van der Waals surface area (Å²) < 4.78 is 10.3. The van der Waals surface area contributed by atoms with Crippen molar-refractivity contribution in [2.45, 2.75) is 50.4 Å². The molecular formula is C20H27N3O5S2. The molecule has 10 heteroatoms. The average Bonchev–Trinajstić information content (AvgIpc) is 3.09. The topological polar surface area (TPSA) is 97.3 Å². The monoisotopic (exact) mass is 453 g/mol. The van der Waals surface area contributed by atoms with Crippen LogP contribution in [0.1, 0.15) is 27.7 Å². The minimum absolute atomic E-state index is 0.155. The van der Waals surface area contributed by atoms with Crippen molar-refractivity contribution in [2.75, 3.05) is 19.6 Å². The van der Waals surface area contributed by atoms with Crippen molar-refractivity contribution >= 4 is 46.9 Å². The van der Waals surface area contributed by atoms with Crippen LogP contribution in [0, 0.1) is 5.41 Å². The van der Waals surface area contributed by atoms with Gasteiger partial charge in [-0.15, -0.1) is 23.5 Å². The fraction of sp³-hybridized carbons (Fsp3) is 0.600. The van der Waals surface area contributed by atoms with Crippen LogP contribution < -0.4 is 5.32 Å². The number of amides is 1. The molecule has 3 heterocycles. The second kappa shape index (κ2) is 9.15. The number of likely N-dealkylation sites (N-methyl/N-ethyl adjacent to an activating group) is 1. The first-order valence-corrected chi connectivity index (χ1v) is 11.7. The van der Waals surface area contributed by atoms with Gasteiger partial charge in [0.15, 0.2) is 0 Å². The third kappa shape index (κ3) is 4.60. The third-order valence-electron chi connectivity index (χ3n) is 4.97. The normalized spacial score (nSPS) is 28.6. The van der Waals surface area contributed by atoms with E-state index in [0.717, 1.165) is 0 Å².